The van der Waals surface area contributed by atoms with Crippen LogP contribution in [0.15, 0.2) is 46.9 Å². The first-order valence-electron chi connectivity index (χ1n) is 5.93. The van der Waals surface area contributed by atoms with Gasteiger partial charge < -0.3 is 9.47 Å². The molecule has 0 bridgehead atoms. The molecular weight excluding hydrogens is 311 g/mol. The van der Waals surface area contributed by atoms with Gasteiger partial charge in [0, 0.05) is 4.47 Å². The van der Waals surface area contributed by atoms with Gasteiger partial charge in [-0.2, -0.15) is 0 Å². The van der Waals surface area contributed by atoms with Crippen molar-refractivity contribution in [1.29, 1.82) is 0 Å². The Balaban J connectivity index is 1.81. The van der Waals surface area contributed by atoms with Crippen molar-refractivity contribution in [3.63, 3.8) is 0 Å². The summed E-state index contributed by atoms with van der Waals surface area (Å²) in [4.78, 5) is 0. The predicted octanol–water partition coefficient (Wildman–Crippen LogP) is 4.35. The summed E-state index contributed by atoms with van der Waals surface area (Å²) < 4.78 is 25.5. The third-order valence-electron chi connectivity index (χ3n) is 2.58. The number of hydrogen-bond donors (Lipinski definition) is 0. The summed E-state index contributed by atoms with van der Waals surface area (Å²) in [6.07, 6.45) is 0. The Kier molecular flexibility index (Phi) is 4.80. The topological polar surface area (TPSA) is 18.5 Å². The molecule has 0 aliphatic rings. The average Bonchev–Trinajstić information content (AvgIpc) is 2.41. The molecule has 4 heteroatoms. The van der Waals surface area contributed by atoms with Gasteiger partial charge in [-0.05, 0) is 42.8 Å². The minimum Gasteiger partial charge on any atom is -0.490 e. The first kappa shape index (κ1) is 13.9. The fraction of sp³-hybridized carbons (Fsp3) is 0.200. The second-order valence-corrected chi connectivity index (χ2v) is 4.95. The van der Waals surface area contributed by atoms with Crippen molar-refractivity contribution in [1.82, 2.24) is 0 Å². The summed E-state index contributed by atoms with van der Waals surface area (Å²) in [6, 6.07) is 12.6. The van der Waals surface area contributed by atoms with Crippen LogP contribution in [0.3, 0.4) is 0 Å². The van der Waals surface area contributed by atoms with Crippen molar-refractivity contribution in [3.05, 3.63) is 58.3 Å². The van der Waals surface area contributed by atoms with Crippen molar-refractivity contribution in [2.75, 3.05) is 13.2 Å². The lowest BCUT2D eigenvalue weighted by Crippen LogP contribution is -2.09. The molecule has 0 atom stereocenters. The minimum absolute atomic E-state index is 0.263. The highest BCUT2D eigenvalue weighted by Gasteiger charge is 2.05. The maximum absolute atomic E-state index is 13.6. The Morgan fingerprint density at radius 2 is 1.68 bits per heavy atom. The lowest BCUT2D eigenvalue weighted by molar-refractivity contribution is 0.211. The standard InChI is InChI=1S/C15H14BrFO2/c1-11-3-2-4-14(15(11)17)19-10-9-18-13-7-5-12(16)6-8-13/h2-8H,9-10H2,1H3. The van der Waals surface area contributed by atoms with E-state index in [-0.39, 0.29) is 11.6 Å². The molecule has 0 aliphatic carbocycles. The number of halogens is 2. The molecule has 0 saturated heterocycles. The summed E-state index contributed by atoms with van der Waals surface area (Å²) in [6.45, 7) is 2.38. The molecule has 2 nitrogen and oxygen atoms in total. The van der Waals surface area contributed by atoms with Crippen molar-refractivity contribution in [2.45, 2.75) is 6.92 Å². The number of aryl methyl sites for hydroxylation is 1. The molecule has 0 fully saturated rings. The summed E-state index contributed by atoms with van der Waals surface area (Å²) in [5.41, 5.74) is 0.575. The maximum atomic E-state index is 13.6. The van der Waals surface area contributed by atoms with Crippen LogP contribution in [0.2, 0.25) is 0 Å². The summed E-state index contributed by atoms with van der Waals surface area (Å²) in [5, 5.41) is 0. The van der Waals surface area contributed by atoms with Gasteiger partial charge in [-0.3, -0.25) is 0 Å². The zero-order valence-electron chi connectivity index (χ0n) is 10.5. The van der Waals surface area contributed by atoms with Gasteiger partial charge in [0.1, 0.15) is 19.0 Å². The second-order valence-electron chi connectivity index (χ2n) is 4.04. The van der Waals surface area contributed by atoms with Gasteiger partial charge in [0.25, 0.3) is 0 Å². The quantitative estimate of drug-likeness (QED) is 0.761. The van der Waals surface area contributed by atoms with E-state index in [1.165, 1.54) is 0 Å². The van der Waals surface area contributed by atoms with Crippen LogP contribution >= 0.6 is 15.9 Å². The van der Waals surface area contributed by atoms with Gasteiger partial charge in [-0.15, -0.1) is 0 Å². The Morgan fingerprint density at radius 3 is 2.42 bits per heavy atom. The molecule has 0 N–H and O–H groups in total. The van der Waals surface area contributed by atoms with Gasteiger partial charge in [-0.25, -0.2) is 4.39 Å². The number of hydrogen-bond acceptors (Lipinski definition) is 2. The SMILES string of the molecule is Cc1cccc(OCCOc2ccc(Br)cc2)c1F. The molecule has 0 aliphatic heterocycles. The molecule has 0 unspecified atom stereocenters. The van der Waals surface area contributed by atoms with Crippen LogP contribution in [-0.2, 0) is 0 Å². The molecular formula is C15H14BrFO2. The number of rotatable bonds is 5. The fourth-order valence-electron chi connectivity index (χ4n) is 1.57. The van der Waals surface area contributed by atoms with Gasteiger partial charge in [-0.1, -0.05) is 28.1 Å². The lowest BCUT2D eigenvalue weighted by atomic mass is 10.2. The van der Waals surface area contributed by atoms with Crippen molar-refractivity contribution in [3.8, 4) is 11.5 Å². The molecule has 0 amide bonds. The molecule has 0 aromatic heterocycles. The molecule has 0 spiro atoms. The monoisotopic (exact) mass is 324 g/mol. The third kappa shape index (κ3) is 3.96. The lowest BCUT2D eigenvalue weighted by Gasteiger charge is -2.09. The average molecular weight is 325 g/mol. The van der Waals surface area contributed by atoms with Crippen molar-refractivity contribution < 1.29 is 13.9 Å². The number of benzene rings is 2. The third-order valence-corrected chi connectivity index (χ3v) is 3.11. The minimum atomic E-state index is -0.314. The second kappa shape index (κ2) is 6.57. The predicted molar refractivity (Wildman–Crippen MR) is 76.3 cm³/mol. The van der Waals surface area contributed by atoms with Crippen molar-refractivity contribution >= 4 is 15.9 Å². The molecule has 2 aromatic rings. The summed E-state index contributed by atoms with van der Waals surface area (Å²) in [7, 11) is 0. The maximum Gasteiger partial charge on any atom is 0.167 e. The fourth-order valence-corrected chi connectivity index (χ4v) is 1.84. The van der Waals surface area contributed by atoms with E-state index < -0.39 is 0 Å². The van der Waals surface area contributed by atoms with Crippen LogP contribution in [0.5, 0.6) is 11.5 Å². The van der Waals surface area contributed by atoms with Crippen molar-refractivity contribution in [2.24, 2.45) is 0 Å². The first-order valence-corrected chi connectivity index (χ1v) is 6.72. The van der Waals surface area contributed by atoms with E-state index >= 15 is 0 Å². The van der Waals surface area contributed by atoms with Crippen LogP contribution in [0.4, 0.5) is 4.39 Å². The van der Waals surface area contributed by atoms with Crippen LogP contribution < -0.4 is 9.47 Å². The Labute approximate surface area is 120 Å². The smallest absolute Gasteiger partial charge is 0.167 e. The largest absolute Gasteiger partial charge is 0.490 e. The molecule has 2 rings (SSSR count). The molecule has 19 heavy (non-hydrogen) atoms. The van der Waals surface area contributed by atoms with Gasteiger partial charge in [0.2, 0.25) is 0 Å². The Bertz CT molecular complexity index is 540. The van der Waals surface area contributed by atoms with Crippen LogP contribution in [-0.4, -0.2) is 13.2 Å². The first-order chi connectivity index (χ1) is 9.16. The van der Waals surface area contributed by atoms with Gasteiger partial charge in [0.05, 0.1) is 0 Å². The van der Waals surface area contributed by atoms with E-state index in [0.29, 0.717) is 18.8 Å². The van der Waals surface area contributed by atoms with E-state index in [0.717, 1.165) is 10.2 Å². The zero-order chi connectivity index (χ0) is 13.7. The highest BCUT2D eigenvalue weighted by molar-refractivity contribution is 9.10. The molecule has 2 aromatic carbocycles. The summed E-state index contributed by atoms with van der Waals surface area (Å²) in [5.74, 6) is 0.710. The molecule has 0 saturated carbocycles. The van der Waals surface area contributed by atoms with Gasteiger partial charge >= 0.3 is 0 Å². The van der Waals surface area contributed by atoms with E-state index in [2.05, 4.69) is 15.9 Å². The highest BCUT2D eigenvalue weighted by atomic mass is 79.9. The van der Waals surface area contributed by atoms with Gasteiger partial charge in [0.15, 0.2) is 11.6 Å². The summed E-state index contributed by atoms with van der Waals surface area (Å²) >= 11 is 3.35. The zero-order valence-corrected chi connectivity index (χ0v) is 12.1. The van der Waals surface area contributed by atoms with E-state index in [9.17, 15) is 4.39 Å². The van der Waals surface area contributed by atoms with E-state index in [1.54, 1.807) is 25.1 Å². The van der Waals surface area contributed by atoms with E-state index in [1.807, 2.05) is 24.3 Å². The number of ether oxygens (including phenoxy) is 2. The molecule has 100 valence electrons. The normalized spacial score (nSPS) is 10.3. The molecule has 0 radical (unpaired) electrons. The van der Waals surface area contributed by atoms with Crippen LogP contribution in [0.25, 0.3) is 0 Å². The van der Waals surface area contributed by atoms with E-state index in [4.69, 9.17) is 9.47 Å². The Morgan fingerprint density at radius 1 is 1.00 bits per heavy atom. The van der Waals surface area contributed by atoms with Crippen LogP contribution in [0, 0.1) is 12.7 Å². The Hall–Kier alpha value is -1.55. The molecule has 0 heterocycles. The van der Waals surface area contributed by atoms with Crippen LogP contribution in [0.1, 0.15) is 5.56 Å². The highest BCUT2D eigenvalue weighted by Crippen LogP contribution is 2.20.